The van der Waals surface area contributed by atoms with Crippen LogP contribution in [0.1, 0.15) is 25.1 Å². The van der Waals surface area contributed by atoms with Crippen LogP contribution in [0, 0.1) is 6.92 Å². The third-order valence-electron chi connectivity index (χ3n) is 2.51. The number of halogens is 1. The van der Waals surface area contributed by atoms with Gasteiger partial charge >= 0.3 is 6.08 Å². The summed E-state index contributed by atoms with van der Waals surface area (Å²) in [6, 6.07) is 5.95. The molecule has 2 aromatic rings. The molecule has 5 heteroatoms. The van der Waals surface area contributed by atoms with Crippen molar-refractivity contribution in [3.63, 3.8) is 0 Å². The molecular formula is C14H17ClN2O2. The van der Waals surface area contributed by atoms with Crippen molar-refractivity contribution in [1.82, 2.24) is 10.3 Å². The lowest BCUT2D eigenvalue weighted by Gasteiger charge is -2.05. The lowest BCUT2D eigenvalue weighted by molar-refractivity contribution is 0.330. The molecule has 0 bridgehead atoms. The first-order chi connectivity index (χ1) is 9.04. The zero-order chi connectivity index (χ0) is 13.8. The van der Waals surface area contributed by atoms with Gasteiger partial charge in [0.1, 0.15) is 6.26 Å². The SMILES string of the molecule is Cc1ccc(Cl)c(Oc2nc(CNC(C)C)co2)c1. The lowest BCUT2D eigenvalue weighted by Crippen LogP contribution is -2.21. The average Bonchev–Trinajstić information content (AvgIpc) is 2.79. The van der Waals surface area contributed by atoms with Crippen LogP contribution in [0.3, 0.4) is 0 Å². The molecular weight excluding hydrogens is 264 g/mol. The summed E-state index contributed by atoms with van der Waals surface area (Å²) in [7, 11) is 0. The molecule has 1 aromatic carbocycles. The molecule has 0 radical (unpaired) electrons. The Labute approximate surface area is 117 Å². The maximum atomic E-state index is 6.05. The smallest absolute Gasteiger partial charge is 0.399 e. The summed E-state index contributed by atoms with van der Waals surface area (Å²) in [5.41, 5.74) is 1.86. The summed E-state index contributed by atoms with van der Waals surface area (Å²) in [6.45, 7) is 6.76. The Balaban J connectivity index is 2.05. The zero-order valence-corrected chi connectivity index (χ0v) is 12.0. The number of hydrogen-bond donors (Lipinski definition) is 1. The number of nitrogens with zero attached hydrogens (tertiary/aromatic N) is 1. The minimum Gasteiger partial charge on any atom is -0.417 e. The first-order valence-corrected chi connectivity index (χ1v) is 6.54. The summed E-state index contributed by atoms with van der Waals surface area (Å²) in [5.74, 6) is 0.548. The van der Waals surface area contributed by atoms with Gasteiger partial charge in [-0.15, -0.1) is 0 Å². The second-order valence-electron chi connectivity index (χ2n) is 4.68. The number of rotatable bonds is 5. The van der Waals surface area contributed by atoms with Crippen LogP contribution >= 0.6 is 11.6 Å². The van der Waals surface area contributed by atoms with E-state index in [1.54, 1.807) is 12.3 Å². The van der Waals surface area contributed by atoms with Crippen molar-refractivity contribution in [2.45, 2.75) is 33.4 Å². The lowest BCUT2D eigenvalue weighted by atomic mass is 10.2. The number of hydrogen-bond acceptors (Lipinski definition) is 4. The van der Waals surface area contributed by atoms with E-state index in [4.69, 9.17) is 20.8 Å². The molecule has 0 aliphatic rings. The van der Waals surface area contributed by atoms with Crippen LogP contribution in [0.4, 0.5) is 0 Å². The molecule has 1 aromatic heterocycles. The number of oxazole rings is 1. The first-order valence-electron chi connectivity index (χ1n) is 6.16. The van der Waals surface area contributed by atoms with Crippen LogP contribution in [-0.4, -0.2) is 11.0 Å². The third kappa shape index (κ3) is 3.98. The number of nitrogens with one attached hydrogen (secondary N) is 1. The maximum absolute atomic E-state index is 6.05. The van der Waals surface area contributed by atoms with Crippen molar-refractivity contribution in [3.8, 4) is 11.8 Å². The van der Waals surface area contributed by atoms with Gasteiger partial charge in [0, 0.05) is 12.6 Å². The van der Waals surface area contributed by atoms with Gasteiger partial charge in [0.2, 0.25) is 0 Å². The molecule has 4 nitrogen and oxygen atoms in total. The molecule has 19 heavy (non-hydrogen) atoms. The monoisotopic (exact) mass is 280 g/mol. The van der Waals surface area contributed by atoms with E-state index >= 15 is 0 Å². The quantitative estimate of drug-likeness (QED) is 0.901. The van der Waals surface area contributed by atoms with Crippen molar-refractivity contribution in [3.05, 3.63) is 40.7 Å². The number of aryl methyl sites for hydroxylation is 1. The molecule has 1 heterocycles. The first kappa shape index (κ1) is 13.9. The molecule has 2 rings (SSSR count). The molecule has 0 atom stereocenters. The highest BCUT2D eigenvalue weighted by atomic mass is 35.5. The molecule has 1 N–H and O–H groups in total. The summed E-state index contributed by atoms with van der Waals surface area (Å²) >= 11 is 6.05. The Bertz CT molecular complexity index is 552. The Kier molecular flexibility index (Phi) is 4.45. The fourth-order valence-electron chi connectivity index (χ4n) is 1.51. The Morgan fingerprint density at radius 2 is 2.21 bits per heavy atom. The van der Waals surface area contributed by atoms with Gasteiger partial charge in [-0.25, -0.2) is 0 Å². The van der Waals surface area contributed by atoms with E-state index in [-0.39, 0.29) is 6.08 Å². The minimum absolute atomic E-state index is 0.202. The van der Waals surface area contributed by atoms with Gasteiger partial charge in [-0.1, -0.05) is 31.5 Å². The standard InChI is InChI=1S/C14H17ClN2O2/c1-9(2)16-7-11-8-18-14(17-11)19-13-6-10(3)4-5-12(13)15/h4-6,8-9,16H,7H2,1-3H3. The number of benzene rings is 1. The predicted molar refractivity (Wildman–Crippen MR) is 74.7 cm³/mol. The Morgan fingerprint density at radius 1 is 1.42 bits per heavy atom. The van der Waals surface area contributed by atoms with Crippen LogP contribution in [0.15, 0.2) is 28.9 Å². The van der Waals surface area contributed by atoms with Gasteiger partial charge in [-0.3, -0.25) is 0 Å². The van der Waals surface area contributed by atoms with Crippen LogP contribution in [0.5, 0.6) is 11.8 Å². The van der Waals surface area contributed by atoms with Crippen LogP contribution in [0.25, 0.3) is 0 Å². The van der Waals surface area contributed by atoms with E-state index in [1.807, 2.05) is 19.1 Å². The maximum Gasteiger partial charge on any atom is 0.399 e. The second-order valence-corrected chi connectivity index (χ2v) is 5.08. The summed E-state index contributed by atoms with van der Waals surface area (Å²) in [5, 5.41) is 3.79. The van der Waals surface area contributed by atoms with Gasteiger partial charge in [0.15, 0.2) is 5.75 Å². The molecule has 0 spiro atoms. The van der Waals surface area contributed by atoms with Gasteiger partial charge in [-0.05, 0) is 24.6 Å². The molecule has 0 unspecified atom stereocenters. The van der Waals surface area contributed by atoms with E-state index in [0.717, 1.165) is 11.3 Å². The highest BCUT2D eigenvalue weighted by molar-refractivity contribution is 6.32. The fraction of sp³-hybridized carbons (Fsp3) is 0.357. The van der Waals surface area contributed by atoms with Crippen molar-refractivity contribution in [2.24, 2.45) is 0 Å². The normalized spacial score (nSPS) is 11.0. The van der Waals surface area contributed by atoms with E-state index in [9.17, 15) is 0 Å². The van der Waals surface area contributed by atoms with Crippen molar-refractivity contribution in [1.29, 1.82) is 0 Å². The minimum atomic E-state index is 0.202. The molecule has 0 aliphatic heterocycles. The van der Waals surface area contributed by atoms with Crippen LogP contribution in [0.2, 0.25) is 5.02 Å². The van der Waals surface area contributed by atoms with Crippen LogP contribution in [-0.2, 0) is 6.54 Å². The van der Waals surface area contributed by atoms with Gasteiger partial charge in [0.25, 0.3) is 0 Å². The molecule has 0 aliphatic carbocycles. The largest absolute Gasteiger partial charge is 0.417 e. The highest BCUT2D eigenvalue weighted by Crippen LogP contribution is 2.29. The molecule has 0 fully saturated rings. The molecule has 0 saturated heterocycles. The van der Waals surface area contributed by atoms with E-state index in [1.165, 1.54) is 0 Å². The van der Waals surface area contributed by atoms with E-state index < -0.39 is 0 Å². The van der Waals surface area contributed by atoms with E-state index in [2.05, 4.69) is 24.1 Å². The van der Waals surface area contributed by atoms with Crippen molar-refractivity contribution in [2.75, 3.05) is 0 Å². The topological polar surface area (TPSA) is 47.3 Å². The Morgan fingerprint density at radius 3 is 2.95 bits per heavy atom. The second kappa shape index (κ2) is 6.08. The van der Waals surface area contributed by atoms with Crippen molar-refractivity contribution >= 4 is 11.6 Å². The highest BCUT2D eigenvalue weighted by Gasteiger charge is 2.09. The predicted octanol–water partition coefficient (Wildman–Crippen LogP) is 3.93. The third-order valence-corrected chi connectivity index (χ3v) is 2.82. The van der Waals surface area contributed by atoms with Gasteiger partial charge < -0.3 is 14.5 Å². The van der Waals surface area contributed by atoms with Crippen molar-refractivity contribution < 1.29 is 9.15 Å². The number of ether oxygens (including phenoxy) is 1. The molecule has 0 saturated carbocycles. The van der Waals surface area contributed by atoms with E-state index in [0.29, 0.717) is 23.4 Å². The van der Waals surface area contributed by atoms with Gasteiger partial charge in [-0.2, -0.15) is 4.98 Å². The number of aromatic nitrogens is 1. The molecule has 102 valence electrons. The summed E-state index contributed by atoms with van der Waals surface area (Å²) in [6.07, 6.45) is 1.78. The Hall–Kier alpha value is -1.52. The zero-order valence-electron chi connectivity index (χ0n) is 11.2. The van der Waals surface area contributed by atoms with Crippen LogP contribution < -0.4 is 10.1 Å². The average molecular weight is 281 g/mol. The fourth-order valence-corrected chi connectivity index (χ4v) is 1.66. The summed E-state index contributed by atoms with van der Waals surface area (Å²) < 4.78 is 10.8. The molecule has 0 amide bonds. The van der Waals surface area contributed by atoms with Gasteiger partial charge in [0.05, 0.1) is 10.7 Å². The summed E-state index contributed by atoms with van der Waals surface area (Å²) in [4.78, 5) is 4.24.